The number of aryl methyl sites for hydroxylation is 1. The van der Waals surface area contributed by atoms with Crippen LogP contribution in [0.2, 0.25) is 0 Å². The Kier molecular flexibility index (Phi) is 6.27. The molecule has 0 aliphatic carbocycles. The second-order valence-corrected chi connectivity index (χ2v) is 8.23. The third-order valence-electron chi connectivity index (χ3n) is 5.36. The van der Waals surface area contributed by atoms with Gasteiger partial charge in [-0.3, -0.25) is 14.4 Å². The highest BCUT2D eigenvalue weighted by Crippen LogP contribution is 2.39. The fraction of sp³-hybridized carbons (Fsp3) is 0.304. The summed E-state index contributed by atoms with van der Waals surface area (Å²) in [4.78, 5) is 45.1. The highest BCUT2D eigenvalue weighted by molar-refractivity contribution is 7.12. The summed E-state index contributed by atoms with van der Waals surface area (Å²) < 4.78 is 7.43. The minimum absolute atomic E-state index is 0.302. The predicted molar refractivity (Wildman–Crippen MR) is 116 cm³/mol. The standard InChI is InChI=1S/C23H23N3O4S/c1-2-30-17-8-6-16(7-9-17)20-19(21(27)18-5-3-14-31-18)22(28)23(29)26(20)12-4-11-25-13-10-24-15-25/h3,5-10,13-15,19-20H,2,4,11-12H2,1H3. The maximum atomic E-state index is 13.2. The van der Waals surface area contributed by atoms with Crippen LogP contribution in [-0.4, -0.2) is 45.1 Å². The van der Waals surface area contributed by atoms with Gasteiger partial charge in [-0.05, 0) is 42.5 Å². The van der Waals surface area contributed by atoms with E-state index >= 15 is 0 Å². The Morgan fingerprint density at radius 1 is 1.16 bits per heavy atom. The lowest BCUT2D eigenvalue weighted by Crippen LogP contribution is -2.32. The molecule has 4 rings (SSSR count). The summed E-state index contributed by atoms with van der Waals surface area (Å²) in [5.74, 6) is -1.88. The first kappa shape index (κ1) is 21.0. The van der Waals surface area contributed by atoms with Crippen LogP contribution < -0.4 is 4.74 Å². The number of aromatic nitrogens is 2. The number of ether oxygens (including phenoxy) is 1. The monoisotopic (exact) mass is 437 g/mol. The number of Topliss-reactive ketones (excluding diaryl/α,β-unsaturated/α-hetero) is 2. The van der Waals surface area contributed by atoms with E-state index in [1.54, 1.807) is 34.9 Å². The van der Waals surface area contributed by atoms with E-state index in [-0.39, 0.29) is 5.78 Å². The van der Waals surface area contributed by atoms with Crippen LogP contribution in [0.4, 0.5) is 0 Å². The molecule has 2 atom stereocenters. The normalized spacial score (nSPS) is 18.5. The zero-order valence-electron chi connectivity index (χ0n) is 17.1. The van der Waals surface area contributed by atoms with E-state index in [1.807, 2.05) is 42.0 Å². The molecule has 1 saturated heterocycles. The van der Waals surface area contributed by atoms with E-state index in [0.29, 0.717) is 36.7 Å². The lowest BCUT2D eigenvalue weighted by Gasteiger charge is -2.27. The fourth-order valence-corrected chi connectivity index (χ4v) is 4.65. The van der Waals surface area contributed by atoms with Crippen LogP contribution in [0, 0.1) is 5.92 Å². The summed E-state index contributed by atoms with van der Waals surface area (Å²) >= 11 is 1.28. The first-order valence-electron chi connectivity index (χ1n) is 10.2. The highest BCUT2D eigenvalue weighted by atomic mass is 32.1. The number of rotatable bonds is 9. The number of carbonyl (C=O) groups excluding carboxylic acids is 3. The maximum Gasteiger partial charge on any atom is 0.291 e. The fourth-order valence-electron chi connectivity index (χ4n) is 3.94. The Hall–Kier alpha value is -3.26. The molecule has 0 spiro atoms. The van der Waals surface area contributed by atoms with Gasteiger partial charge in [0.15, 0.2) is 5.78 Å². The van der Waals surface area contributed by atoms with Crippen LogP contribution in [0.15, 0.2) is 60.5 Å². The summed E-state index contributed by atoms with van der Waals surface area (Å²) in [5.41, 5.74) is 0.750. The minimum Gasteiger partial charge on any atom is -0.494 e. The average Bonchev–Trinajstić information content (AvgIpc) is 3.53. The molecule has 1 fully saturated rings. The number of amides is 1. The quantitative estimate of drug-likeness (QED) is 0.291. The van der Waals surface area contributed by atoms with E-state index < -0.39 is 23.7 Å². The van der Waals surface area contributed by atoms with Crippen molar-refractivity contribution < 1.29 is 19.1 Å². The summed E-state index contributed by atoms with van der Waals surface area (Å²) in [5, 5.41) is 1.79. The molecule has 160 valence electrons. The number of thiophene rings is 1. The summed E-state index contributed by atoms with van der Waals surface area (Å²) in [6.45, 7) is 3.48. The molecule has 1 aromatic carbocycles. The largest absolute Gasteiger partial charge is 0.494 e. The van der Waals surface area contributed by atoms with Crippen molar-refractivity contribution in [2.24, 2.45) is 5.92 Å². The molecule has 1 aliphatic heterocycles. The summed E-state index contributed by atoms with van der Waals surface area (Å²) in [6, 6.07) is 10.1. The highest BCUT2D eigenvalue weighted by Gasteiger charge is 2.51. The smallest absolute Gasteiger partial charge is 0.291 e. The molecule has 0 bridgehead atoms. The molecule has 1 amide bonds. The van der Waals surface area contributed by atoms with E-state index in [2.05, 4.69) is 4.98 Å². The molecule has 3 heterocycles. The number of carbonyl (C=O) groups is 3. The molecule has 2 unspecified atom stereocenters. The SMILES string of the molecule is CCOc1ccc(C2C(C(=O)c3cccs3)C(=O)C(=O)N2CCCn2ccnc2)cc1. The maximum absolute atomic E-state index is 13.2. The molecule has 8 heteroatoms. The van der Waals surface area contributed by atoms with Gasteiger partial charge < -0.3 is 14.2 Å². The number of nitrogens with zero attached hydrogens (tertiary/aromatic N) is 3. The Bertz CT molecular complexity index is 1050. The van der Waals surface area contributed by atoms with Crippen LogP contribution in [-0.2, 0) is 16.1 Å². The number of ketones is 2. The van der Waals surface area contributed by atoms with E-state index in [4.69, 9.17) is 4.74 Å². The molecule has 2 aromatic heterocycles. The van der Waals surface area contributed by atoms with Crippen molar-refractivity contribution in [3.63, 3.8) is 0 Å². The van der Waals surface area contributed by atoms with Gasteiger partial charge in [-0.15, -0.1) is 11.3 Å². The number of likely N-dealkylation sites (tertiary alicyclic amines) is 1. The Labute approximate surface area is 184 Å². The van der Waals surface area contributed by atoms with Gasteiger partial charge in [-0.1, -0.05) is 18.2 Å². The van der Waals surface area contributed by atoms with Gasteiger partial charge in [0.25, 0.3) is 5.91 Å². The van der Waals surface area contributed by atoms with Crippen LogP contribution in [0.5, 0.6) is 5.75 Å². The van der Waals surface area contributed by atoms with Crippen molar-refractivity contribution in [2.45, 2.75) is 25.9 Å². The van der Waals surface area contributed by atoms with Crippen molar-refractivity contribution in [2.75, 3.05) is 13.2 Å². The topological polar surface area (TPSA) is 81.5 Å². The lowest BCUT2D eigenvalue weighted by molar-refractivity contribution is -0.140. The third-order valence-corrected chi connectivity index (χ3v) is 6.24. The zero-order valence-corrected chi connectivity index (χ0v) is 18.0. The van der Waals surface area contributed by atoms with E-state index in [9.17, 15) is 14.4 Å². The summed E-state index contributed by atoms with van der Waals surface area (Å²) in [7, 11) is 0. The Morgan fingerprint density at radius 3 is 2.61 bits per heavy atom. The van der Waals surface area contributed by atoms with Gasteiger partial charge in [0.05, 0.1) is 23.9 Å². The molecule has 7 nitrogen and oxygen atoms in total. The first-order valence-corrected chi connectivity index (χ1v) is 11.1. The van der Waals surface area contributed by atoms with Gasteiger partial charge in [0, 0.05) is 25.5 Å². The molecule has 3 aromatic rings. The van der Waals surface area contributed by atoms with Crippen molar-refractivity contribution in [3.05, 3.63) is 70.9 Å². The Balaban J connectivity index is 1.63. The first-order chi connectivity index (χ1) is 15.1. The molecular formula is C23H23N3O4S. The second kappa shape index (κ2) is 9.26. The number of hydrogen-bond donors (Lipinski definition) is 0. The van der Waals surface area contributed by atoms with Crippen molar-refractivity contribution >= 4 is 28.8 Å². The van der Waals surface area contributed by atoms with Crippen LogP contribution in [0.3, 0.4) is 0 Å². The van der Waals surface area contributed by atoms with E-state index in [0.717, 1.165) is 5.56 Å². The molecule has 0 saturated carbocycles. The zero-order chi connectivity index (χ0) is 21.8. The lowest BCUT2D eigenvalue weighted by atomic mass is 9.88. The van der Waals surface area contributed by atoms with Crippen molar-refractivity contribution in [3.8, 4) is 5.75 Å². The number of imidazole rings is 1. The van der Waals surface area contributed by atoms with Crippen LogP contribution in [0.25, 0.3) is 0 Å². The third kappa shape index (κ3) is 4.29. The predicted octanol–water partition coefficient (Wildman–Crippen LogP) is 3.39. The average molecular weight is 438 g/mol. The minimum atomic E-state index is -1.04. The number of hydrogen-bond acceptors (Lipinski definition) is 6. The van der Waals surface area contributed by atoms with Gasteiger partial charge in [-0.2, -0.15) is 0 Å². The van der Waals surface area contributed by atoms with Gasteiger partial charge in [-0.25, -0.2) is 4.98 Å². The van der Waals surface area contributed by atoms with E-state index in [1.165, 1.54) is 11.3 Å². The molecule has 0 N–H and O–H groups in total. The van der Waals surface area contributed by atoms with Crippen molar-refractivity contribution in [1.82, 2.24) is 14.5 Å². The van der Waals surface area contributed by atoms with Crippen molar-refractivity contribution in [1.29, 1.82) is 0 Å². The van der Waals surface area contributed by atoms with Crippen LogP contribution in [0.1, 0.15) is 34.6 Å². The van der Waals surface area contributed by atoms with Gasteiger partial charge in [0.1, 0.15) is 11.7 Å². The second-order valence-electron chi connectivity index (χ2n) is 7.28. The number of benzene rings is 1. The van der Waals surface area contributed by atoms with Gasteiger partial charge >= 0.3 is 0 Å². The molecule has 1 aliphatic rings. The molecule has 31 heavy (non-hydrogen) atoms. The van der Waals surface area contributed by atoms with Crippen LogP contribution >= 0.6 is 11.3 Å². The molecule has 0 radical (unpaired) electrons. The Morgan fingerprint density at radius 2 is 1.97 bits per heavy atom. The summed E-state index contributed by atoms with van der Waals surface area (Å²) in [6.07, 6.45) is 5.90. The van der Waals surface area contributed by atoms with Gasteiger partial charge in [0.2, 0.25) is 5.78 Å². The molecular weight excluding hydrogens is 414 g/mol.